The lowest BCUT2D eigenvalue weighted by molar-refractivity contribution is 0.0909. The number of rotatable bonds is 8. The monoisotopic (exact) mass is 273 g/mol. The predicted molar refractivity (Wildman–Crippen MR) is 77.0 cm³/mol. The Morgan fingerprint density at radius 2 is 1.85 bits per heavy atom. The molecule has 0 saturated carbocycles. The fourth-order valence-corrected chi connectivity index (χ4v) is 1.81. The fraction of sp³-hybridized carbons (Fsp3) is 0.312. The number of hydrogen-bond acceptors (Lipinski definition) is 4. The maximum absolute atomic E-state index is 8.59. The van der Waals surface area contributed by atoms with E-state index in [2.05, 4.69) is 17.1 Å². The largest absolute Gasteiger partial charge is 0.456 e. The summed E-state index contributed by atoms with van der Waals surface area (Å²) in [7, 11) is 0. The Bertz CT molecular complexity index is 485. The first-order chi connectivity index (χ1) is 9.88. The Morgan fingerprint density at radius 1 is 1.00 bits per heavy atom. The summed E-state index contributed by atoms with van der Waals surface area (Å²) in [6.45, 7) is 1.17. The zero-order valence-electron chi connectivity index (χ0n) is 11.4. The van der Waals surface area contributed by atoms with E-state index in [9.17, 15) is 0 Å². The zero-order valence-corrected chi connectivity index (χ0v) is 11.4. The van der Waals surface area contributed by atoms with Gasteiger partial charge in [-0.3, -0.25) is 4.98 Å². The van der Waals surface area contributed by atoms with Crippen LogP contribution in [0.3, 0.4) is 0 Å². The lowest BCUT2D eigenvalue weighted by Gasteiger charge is -2.06. The molecule has 1 N–H and O–H groups in total. The predicted octanol–water partition coefficient (Wildman–Crippen LogP) is 2.82. The normalized spacial score (nSPS) is 10.4. The second kappa shape index (κ2) is 8.30. The van der Waals surface area contributed by atoms with Crippen molar-refractivity contribution in [2.24, 2.45) is 0 Å². The molecule has 0 amide bonds. The minimum absolute atomic E-state index is 0.0837. The van der Waals surface area contributed by atoms with Crippen molar-refractivity contribution in [1.29, 1.82) is 0 Å². The van der Waals surface area contributed by atoms with Crippen LogP contribution in [0.25, 0.3) is 0 Å². The summed E-state index contributed by atoms with van der Waals surface area (Å²) in [5.74, 6) is 1.54. The summed E-state index contributed by atoms with van der Waals surface area (Å²) in [6, 6.07) is 11.7. The van der Waals surface area contributed by atoms with Crippen LogP contribution in [0.4, 0.5) is 0 Å². The Morgan fingerprint density at radius 3 is 2.55 bits per heavy atom. The van der Waals surface area contributed by atoms with Crippen LogP contribution >= 0.6 is 0 Å². The van der Waals surface area contributed by atoms with Gasteiger partial charge in [0.25, 0.3) is 0 Å². The maximum atomic E-state index is 8.59. The molecule has 0 saturated heterocycles. The number of ether oxygens (including phenoxy) is 2. The average Bonchev–Trinajstić information content (AvgIpc) is 2.50. The maximum Gasteiger partial charge on any atom is 0.145 e. The minimum atomic E-state index is 0.0837. The molecule has 0 aliphatic carbocycles. The average molecular weight is 273 g/mol. The molecule has 4 nitrogen and oxygen atoms in total. The highest BCUT2D eigenvalue weighted by Gasteiger charge is 1.98. The SMILES string of the molecule is OCCOCCCc1ccc(Oc2cccnc2)cc1. The lowest BCUT2D eigenvalue weighted by Crippen LogP contribution is -2.01. The first kappa shape index (κ1) is 14.5. The van der Waals surface area contributed by atoms with Gasteiger partial charge in [-0.1, -0.05) is 12.1 Å². The van der Waals surface area contributed by atoms with Gasteiger partial charge in [-0.15, -0.1) is 0 Å². The number of hydrogen-bond donors (Lipinski definition) is 1. The molecule has 0 bridgehead atoms. The molecular weight excluding hydrogens is 254 g/mol. The number of nitrogens with zero attached hydrogens (tertiary/aromatic N) is 1. The van der Waals surface area contributed by atoms with Crippen molar-refractivity contribution >= 4 is 0 Å². The molecule has 0 spiro atoms. The number of pyridine rings is 1. The molecule has 0 unspecified atom stereocenters. The smallest absolute Gasteiger partial charge is 0.145 e. The molecule has 0 atom stereocenters. The summed E-state index contributed by atoms with van der Waals surface area (Å²) < 4.78 is 10.9. The molecule has 106 valence electrons. The van der Waals surface area contributed by atoms with Gasteiger partial charge in [-0.2, -0.15) is 0 Å². The van der Waals surface area contributed by atoms with Crippen LogP contribution in [0.5, 0.6) is 11.5 Å². The van der Waals surface area contributed by atoms with Crippen LogP contribution in [0.2, 0.25) is 0 Å². The number of aryl methyl sites for hydroxylation is 1. The van der Waals surface area contributed by atoms with E-state index >= 15 is 0 Å². The van der Waals surface area contributed by atoms with Crippen LogP contribution in [0, 0.1) is 0 Å². The van der Waals surface area contributed by atoms with Gasteiger partial charge < -0.3 is 14.6 Å². The minimum Gasteiger partial charge on any atom is -0.456 e. The molecule has 20 heavy (non-hydrogen) atoms. The Kier molecular flexibility index (Phi) is 6.02. The van der Waals surface area contributed by atoms with E-state index in [4.69, 9.17) is 14.6 Å². The van der Waals surface area contributed by atoms with E-state index in [-0.39, 0.29) is 6.61 Å². The van der Waals surface area contributed by atoms with Crippen molar-refractivity contribution in [2.45, 2.75) is 12.8 Å². The molecule has 0 fully saturated rings. The Labute approximate surface area is 119 Å². The van der Waals surface area contributed by atoms with Gasteiger partial charge in [0, 0.05) is 12.8 Å². The number of aliphatic hydroxyl groups excluding tert-OH is 1. The molecule has 1 heterocycles. The van der Waals surface area contributed by atoms with E-state index in [1.54, 1.807) is 12.4 Å². The summed E-state index contributed by atoms with van der Waals surface area (Å²) in [6.07, 6.45) is 5.31. The van der Waals surface area contributed by atoms with Crippen molar-refractivity contribution in [3.8, 4) is 11.5 Å². The third kappa shape index (κ3) is 4.99. The third-order valence-corrected chi connectivity index (χ3v) is 2.78. The van der Waals surface area contributed by atoms with Crippen LogP contribution in [0.1, 0.15) is 12.0 Å². The second-order valence-corrected chi connectivity index (χ2v) is 4.37. The molecule has 2 aromatic rings. The molecule has 0 radical (unpaired) electrons. The highest BCUT2D eigenvalue weighted by molar-refractivity contribution is 5.31. The van der Waals surface area contributed by atoms with E-state index in [0.29, 0.717) is 13.2 Å². The molecule has 2 rings (SSSR count). The molecule has 1 aromatic heterocycles. The van der Waals surface area contributed by atoms with Gasteiger partial charge in [0.15, 0.2) is 0 Å². The van der Waals surface area contributed by atoms with E-state index in [0.717, 1.165) is 24.3 Å². The van der Waals surface area contributed by atoms with Crippen LogP contribution < -0.4 is 4.74 Å². The summed E-state index contributed by atoms with van der Waals surface area (Å²) in [4.78, 5) is 4.01. The van der Waals surface area contributed by atoms with Crippen LogP contribution in [-0.2, 0) is 11.2 Å². The topological polar surface area (TPSA) is 51.6 Å². The Hall–Kier alpha value is -1.91. The highest BCUT2D eigenvalue weighted by atomic mass is 16.5. The summed E-state index contributed by atoms with van der Waals surface area (Å²) in [5.41, 5.74) is 1.25. The van der Waals surface area contributed by atoms with Crippen molar-refractivity contribution < 1.29 is 14.6 Å². The van der Waals surface area contributed by atoms with E-state index in [1.807, 2.05) is 24.3 Å². The van der Waals surface area contributed by atoms with E-state index < -0.39 is 0 Å². The second-order valence-electron chi connectivity index (χ2n) is 4.37. The summed E-state index contributed by atoms with van der Waals surface area (Å²) >= 11 is 0. The first-order valence-electron chi connectivity index (χ1n) is 6.74. The van der Waals surface area contributed by atoms with Gasteiger partial charge in [0.05, 0.1) is 19.4 Å². The van der Waals surface area contributed by atoms with Crippen molar-refractivity contribution in [2.75, 3.05) is 19.8 Å². The summed E-state index contributed by atoms with van der Waals surface area (Å²) in [5, 5.41) is 8.59. The third-order valence-electron chi connectivity index (χ3n) is 2.78. The quantitative estimate of drug-likeness (QED) is 0.751. The Balaban J connectivity index is 1.78. The van der Waals surface area contributed by atoms with Crippen molar-refractivity contribution in [3.05, 3.63) is 54.4 Å². The van der Waals surface area contributed by atoms with Gasteiger partial charge >= 0.3 is 0 Å². The fourth-order valence-electron chi connectivity index (χ4n) is 1.81. The molecule has 4 heteroatoms. The van der Waals surface area contributed by atoms with Crippen LogP contribution in [0.15, 0.2) is 48.8 Å². The van der Waals surface area contributed by atoms with Gasteiger partial charge in [0.2, 0.25) is 0 Å². The molecule has 0 aliphatic rings. The zero-order chi connectivity index (χ0) is 14.0. The molecule has 0 aliphatic heterocycles. The van der Waals surface area contributed by atoms with E-state index in [1.165, 1.54) is 5.56 Å². The highest BCUT2D eigenvalue weighted by Crippen LogP contribution is 2.20. The number of aromatic nitrogens is 1. The first-order valence-corrected chi connectivity index (χ1v) is 6.74. The standard InChI is InChI=1S/C16H19NO3/c18-10-12-19-11-2-3-14-5-7-15(8-6-14)20-16-4-1-9-17-13-16/h1,4-9,13,18H,2-3,10-12H2. The lowest BCUT2D eigenvalue weighted by atomic mass is 10.1. The molecule has 1 aromatic carbocycles. The van der Waals surface area contributed by atoms with Crippen molar-refractivity contribution in [3.63, 3.8) is 0 Å². The molecular formula is C16H19NO3. The van der Waals surface area contributed by atoms with Gasteiger partial charge in [-0.05, 0) is 42.7 Å². The van der Waals surface area contributed by atoms with Gasteiger partial charge in [-0.25, -0.2) is 0 Å². The number of aliphatic hydroxyl groups is 1. The van der Waals surface area contributed by atoms with Crippen molar-refractivity contribution in [1.82, 2.24) is 4.98 Å². The van der Waals surface area contributed by atoms with Crippen LogP contribution in [-0.4, -0.2) is 29.9 Å². The van der Waals surface area contributed by atoms with Gasteiger partial charge in [0.1, 0.15) is 11.5 Å². The number of benzene rings is 1.